The average Bonchev–Trinajstić information content (AvgIpc) is 3.13. The van der Waals surface area contributed by atoms with Crippen molar-refractivity contribution in [3.8, 4) is 6.01 Å². The predicted molar refractivity (Wildman–Crippen MR) is 98.6 cm³/mol. The molecule has 1 fully saturated rings. The molecule has 1 saturated heterocycles. The minimum Gasteiger partial charge on any atom is -0.455 e. The van der Waals surface area contributed by atoms with Gasteiger partial charge in [-0.15, -0.1) is 12.4 Å². The largest absolute Gasteiger partial charge is 0.455 e. The van der Waals surface area contributed by atoms with Crippen molar-refractivity contribution in [1.29, 1.82) is 5.41 Å². The summed E-state index contributed by atoms with van der Waals surface area (Å²) in [5.74, 6) is -0.299. The van der Waals surface area contributed by atoms with E-state index in [0.29, 0.717) is 6.42 Å². The summed E-state index contributed by atoms with van der Waals surface area (Å²) in [5.41, 5.74) is 0.0894. The molecule has 3 rings (SSSR count). The van der Waals surface area contributed by atoms with Gasteiger partial charge in [-0.3, -0.25) is 14.8 Å². The Balaban J connectivity index is 0.00000261. The first kappa shape index (κ1) is 21.7. The van der Waals surface area contributed by atoms with Crippen LogP contribution in [-0.4, -0.2) is 45.5 Å². The molecule has 0 spiro atoms. The summed E-state index contributed by atoms with van der Waals surface area (Å²) in [4.78, 5) is 16.2. The summed E-state index contributed by atoms with van der Waals surface area (Å²) in [6.45, 7) is 1.92. The number of carbonyl (C=O) groups excluding carboxylic acids is 1. The first-order valence-electron chi connectivity index (χ1n) is 9.40. The van der Waals surface area contributed by atoms with E-state index in [9.17, 15) is 9.90 Å². The zero-order valence-corrected chi connectivity index (χ0v) is 16.3. The maximum atomic E-state index is 12.2. The number of hydrogen-bond donors (Lipinski definition) is 2. The van der Waals surface area contributed by atoms with E-state index in [0.717, 1.165) is 19.3 Å². The molecule has 9 heteroatoms. The van der Waals surface area contributed by atoms with Crippen LogP contribution >= 0.6 is 12.4 Å². The maximum absolute atomic E-state index is 12.2. The first-order chi connectivity index (χ1) is 12.6. The van der Waals surface area contributed by atoms with Gasteiger partial charge in [0.2, 0.25) is 0 Å². The van der Waals surface area contributed by atoms with Gasteiger partial charge in [0.15, 0.2) is 23.9 Å². The van der Waals surface area contributed by atoms with Crippen molar-refractivity contribution in [2.45, 2.75) is 76.4 Å². The molecule has 2 N–H and O–H groups in total. The SMILES string of the molecule is CCCCCCCCC(=O)O[C@H]1[C@@H]2Oc3nc(=N)ccn3[C@@H]2O[C@@H]1CO.Cl. The van der Waals surface area contributed by atoms with Crippen LogP contribution in [0.25, 0.3) is 0 Å². The molecule has 2 aliphatic heterocycles. The van der Waals surface area contributed by atoms with Crippen LogP contribution in [0.3, 0.4) is 0 Å². The molecule has 0 aliphatic carbocycles. The van der Waals surface area contributed by atoms with Crippen molar-refractivity contribution in [3.63, 3.8) is 0 Å². The molecule has 3 heterocycles. The predicted octanol–water partition coefficient (Wildman–Crippen LogP) is 2.10. The van der Waals surface area contributed by atoms with Gasteiger partial charge in [0.25, 0.3) is 0 Å². The highest BCUT2D eigenvalue weighted by Crippen LogP contribution is 2.40. The Hall–Kier alpha value is -1.64. The third kappa shape index (κ3) is 5.00. The molecule has 8 nitrogen and oxygen atoms in total. The van der Waals surface area contributed by atoms with E-state index in [1.165, 1.54) is 25.3 Å². The molecule has 0 radical (unpaired) electrons. The maximum Gasteiger partial charge on any atom is 0.306 e. The van der Waals surface area contributed by atoms with Gasteiger partial charge < -0.3 is 19.3 Å². The summed E-state index contributed by atoms with van der Waals surface area (Å²) in [6, 6.07) is 1.80. The zero-order chi connectivity index (χ0) is 18.5. The van der Waals surface area contributed by atoms with Gasteiger partial charge in [0.05, 0.1) is 6.61 Å². The Morgan fingerprint density at radius 2 is 2.07 bits per heavy atom. The van der Waals surface area contributed by atoms with Gasteiger partial charge in [0.1, 0.15) is 6.10 Å². The van der Waals surface area contributed by atoms with Gasteiger partial charge in [-0.25, -0.2) is 0 Å². The van der Waals surface area contributed by atoms with Crippen LogP contribution in [0.2, 0.25) is 0 Å². The van der Waals surface area contributed by atoms with Gasteiger partial charge in [-0.2, -0.15) is 4.98 Å². The van der Waals surface area contributed by atoms with E-state index in [-0.39, 0.29) is 36.5 Å². The lowest BCUT2D eigenvalue weighted by molar-refractivity contribution is -0.156. The molecule has 152 valence electrons. The molecule has 27 heavy (non-hydrogen) atoms. The van der Waals surface area contributed by atoms with Crippen molar-refractivity contribution in [1.82, 2.24) is 9.55 Å². The van der Waals surface area contributed by atoms with Crippen molar-refractivity contribution in [2.24, 2.45) is 0 Å². The summed E-state index contributed by atoms with van der Waals surface area (Å²) in [7, 11) is 0. The number of carbonyl (C=O) groups is 1. The molecule has 4 atom stereocenters. The molecule has 1 aromatic rings. The molecule has 0 aromatic carbocycles. The fourth-order valence-corrected chi connectivity index (χ4v) is 3.42. The molecule has 0 saturated carbocycles. The van der Waals surface area contributed by atoms with Crippen LogP contribution in [0.4, 0.5) is 0 Å². The van der Waals surface area contributed by atoms with E-state index >= 15 is 0 Å². The summed E-state index contributed by atoms with van der Waals surface area (Å²) >= 11 is 0. The highest BCUT2D eigenvalue weighted by Gasteiger charge is 2.53. The van der Waals surface area contributed by atoms with Crippen molar-refractivity contribution in [3.05, 3.63) is 17.8 Å². The average molecular weight is 402 g/mol. The number of hydrogen-bond acceptors (Lipinski definition) is 7. The molecular weight excluding hydrogens is 374 g/mol. The van der Waals surface area contributed by atoms with Gasteiger partial charge >= 0.3 is 12.0 Å². The van der Waals surface area contributed by atoms with Crippen LogP contribution in [-0.2, 0) is 14.3 Å². The minimum atomic E-state index is -0.687. The molecular formula is C18H28ClN3O5. The Labute approximate surface area is 164 Å². The lowest BCUT2D eigenvalue weighted by atomic mass is 10.1. The van der Waals surface area contributed by atoms with Crippen LogP contribution in [0.5, 0.6) is 6.01 Å². The number of nitrogens with one attached hydrogen (secondary N) is 1. The second kappa shape index (κ2) is 10.1. The van der Waals surface area contributed by atoms with E-state index in [1.807, 2.05) is 0 Å². The highest BCUT2D eigenvalue weighted by molar-refractivity contribution is 5.85. The molecule has 0 unspecified atom stereocenters. The number of nitrogens with zero attached hydrogens (tertiary/aromatic N) is 2. The number of aromatic nitrogens is 2. The van der Waals surface area contributed by atoms with E-state index in [4.69, 9.17) is 19.6 Å². The monoisotopic (exact) mass is 401 g/mol. The Kier molecular flexibility index (Phi) is 8.07. The van der Waals surface area contributed by atoms with Gasteiger partial charge in [0, 0.05) is 12.6 Å². The summed E-state index contributed by atoms with van der Waals surface area (Å²) in [6.07, 6.45) is 6.20. The van der Waals surface area contributed by atoms with E-state index in [1.54, 1.807) is 10.8 Å². The second-order valence-electron chi connectivity index (χ2n) is 6.81. The summed E-state index contributed by atoms with van der Waals surface area (Å²) in [5, 5.41) is 17.1. The van der Waals surface area contributed by atoms with Crippen molar-refractivity contribution < 1.29 is 24.1 Å². The van der Waals surface area contributed by atoms with Crippen molar-refractivity contribution in [2.75, 3.05) is 6.61 Å². The lowest BCUT2D eigenvalue weighted by Crippen LogP contribution is -2.39. The lowest BCUT2D eigenvalue weighted by Gasteiger charge is -2.20. The number of aliphatic hydroxyl groups excluding tert-OH is 1. The van der Waals surface area contributed by atoms with E-state index < -0.39 is 24.5 Å². The first-order valence-corrected chi connectivity index (χ1v) is 9.40. The highest BCUT2D eigenvalue weighted by atomic mass is 35.5. The van der Waals surface area contributed by atoms with Crippen LogP contribution in [0.15, 0.2) is 12.3 Å². The van der Waals surface area contributed by atoms with Gasteiger partial charge in [-0.05, 0) is 12.5 Å². The number of halogens is 1. The minimum absolute atomic E-state index is 0. The fraction of sp³-hybridized carbons (Fsp3) is 0.722. The quantitative estimate of drug-likeness (QED) is 0.484. The third-order valence-corrected chi connectivity index (χ3v) is 4.81. The number of aliphatic hydroxyl groups is 1. The van der Waals surface area contributed by atoms with Crippen LogP contribution in [0, 0.1) is 5.41 Å². The van der Waals surface area contributed by atoms with E-state index in [2.05, 4.69) is 11.9 Å². The number of esters is 1. The number of unbranched alkanes of at least 4 members (excludes halogenated alkanes) is 5. The second-order valence-corrected chi connectivity index (χ2v) is 6.81. The normalized spacial score (nSPS) is 25.3. The smallest absolute Gasteiger partial charge is 0.306 e. The summed E-state index contributed by atoms with van der Waals surface area (Å²) < 4.78 is 18.8. The third-order valence-electron chi connectivity index (χ3n) is 4.81. The van der Waals surface area contributed by atoms with Crippen LogP contribution < -0.4 is 10.2 Å². The topological polar surface area (TPSA) is 107 Å². The molecule has 0 amide bonds. The molecule has 2 aliphatic rings. The van der Waals surface area contributed by atoms with Gasteiger partial charge in [-0.1, -0.05) is 39.0 Å². The molecule has 1 aromatic heterocycles. The Morgan fingerprint density at radius 3 is 2.81 bits per heavy atom. The Bertz CT molecular complexity index is 683. The van der Waals surface area contributed by atoms with Crippen molar-refractivity contribution >= 4 is 18.4 Å². The zero-order valence-electron chi connectivity index (χ0n) is 15.5. The number of rotatable bonds is 9. The van der Waals surface area contributed by atoms with Crippen LogP contribution in [0.1, 0.15) is 58.1 Å². The fourth-order valence-electron chi connectivity index (χ4n) is 3.42. The molecule has 0 bridgehead atoms. The number of ether oxygens (including phenoxy) is 3. The number of fused-ring (bicyclic) bond motifs is 3. The Morgan fingerprint density at radius 1 is 1.33 bits per heavy atom. The standard InChI is InChI=1S/C18H27N3O5.ClH/c1-2-3-4-5-6-7-8-14(23)25-15-12(11-22)24-17-16(15)26-18-20-13(19)9-10-21(17)18;/h9-10,12,15-17,19,22H,2-8,11H2,1H3;1H/t12-,15-,16+,17-;/m1./s1.